The molecule has 0 aliphatic heterocycles. The topological polar surface area (TPSA) is 98.5 Å². The Morgan fingerprint density at radius 2 is 1.84 bits per heavy atom. The molecule has 1 fully saturated rings. The molecule has 1 saturated carbocycles. The average molecular weight is 434 g/mol. The summed E-state index contributed by atoms with van der Waals surface area (Å²) in [6, 6.07) is 17.9. The van der Waals surface area contributed by atoms with Crippen LogP contribution in [0, 0.1) is 11.5 Å². The molecule has 1 aliphatic rings. The molecule has 32 heavy (non-hydrogen) atoms. The molecule has 0 bridgehead atoms. The van der Waals surface area contributed by atoms with Crippen molar-refractivity contribution in [3.63, 3.8) is 0 Å². The number of amides is 1. The molecule has 0 heterocycles. The molecule has 1 amide bonds. The Hall–Kier alpha value is -3.53. The van der Waals surface area contributed by atoms with Gasteiger partial charge in [0.1, 0.15) is 5.75 Å². The molecule has 2 aromatic rings. The molecular formula is C25H31N5O2. The summed E-state index contributed by atoms with van der Waals surface area (Å²) < 4.78 is 5.46. The molecule has 3 rings (SSSR count). The van der Waals surface area contributed by atoms with Crippen molar-refractivity contribution < 1.29 is 9.53 Å². The Morgan fingerprint density at radius 1 is 1.16 bits per heavy atom. The van der Waals surface area contributed by atoms with Crippen molar-refractivity contribution in [2.45, 2.75) is 44.1 Å². The first-order chi connectivity index (χ1) is 15.6. The highest BCUT2D eigenvalue weighted by molar-refractivity contribution is 5.94. The number of ether oxygens (including phenoxy) is 1. The summed E-state index contributed by atoms with van der Waals surface area (Å²) in [5.41, 5.74) is 1.73. The maximum absolute atomic E-state index is 12.8. The number of carbonyl (C=O) groups excluding carboxylic acids is 1. The van der Waals surface area contributed by atoms with E-state index in [2.05, 4.69) is 33.1 Å². The number of nitrogens with one attached hydrogen (secondary N) is 3. The van der Waals surface area contributed by atoms with Crippen molar-refractivity contribution in [3.05, 3.63) is 65.7 Å². The molecule has 0 spiro atoms. The van der Waals surface area contributed by atoms with Crippen LogP contribution in [0.3, 0.4) is 0 Å². The number of carbonyl (C=O) groups is 1. The highest BCUT2D eigenvalue weighted by atomic mass is 16.5. The number of hydrogen-bond acceptors (Lipinski definition) is 4. The Morgan fingerprint density at radius 3 is 2.44 bits per heavy atom. The van der Waals surface area contributed by atoms with E-state index in [4.69, 9.17) is 10.00 Å². The predicted octanol–water partition coefficient (Wildman–Crippen LogP) is 3.34. The number of rotatable bonds is 7. The second kappa shape index (κ2) is 11.2. The lowest BCUT2D eigenvalue weighted by Gasteiger charge is -2.41. The van der Waals surface area contributed by atoms with Crippen LogP contribution >= 0.6 is 0 Å². The zero-order valence-electron chi connectivity index (χ0n) is 18.7. The van der Waals surface area contributed by atoms with Crippen LogP contribution in [0.25, 0.3) is 0 Å². The first kappa shape index (κ1) is 23.1. The SMILES string of the molecule is CCOc1ccc(C(=O)NC[C@]2(c3ccccc3)CC[C@H](N/C(=N/C#N)NC)CC2)cc1. The Bertz CT molecular complexity index is 943. The lowest BCUT2D eigenvalue weighted by molar-refractivity contribution is 0.0935. The van der Waals surface area contributed by atoms with Gasteiger partial charge in [0.15, 0.2) is 0 Å². The minimum absolute atomic E-state index is 0.0813. The van der Waals surface area contributed by atoms with Gasteiger partial charge in [0.25, 0.3) is 5.91 Å². The van der Waals surface area contributed by atoms with Crippen molar-refractivity contribution in [1.82, 2.24) is 16.0 Å². The van der Waals surface area contributed by atoms with Crippen molar-refractivity contribution in [2.75, 3.05) is 20.2 Å². The van der Waals surface area contributed by atoms with Crippen LogP contribution in [0.15, 0.2) is 59.6 Å². The van der Waals surface area contributed by atoms with Crippen molar-refractivity contribution in [2.24, 2.45) is 4.99 Å². The fourth-order valence-corrected chi connectivity index (χ4v) is 4.30. The number of nitrogens with zero attached hydrogens (tertiary/aromatic N) is 2. The van der Waals surface area contributed by atoms with Gasteiger partial charge in [0.2, 0.25) is 12.2 Å². The van der Waals surface area contributed by atoms with Gasteiger partial charge in [-0.3, -0.25) is 4.79 Å². The van der Waals surface area contributed by atoms with Crippen LogP contribution in [0.2, 0.25) is 0 Å². The van der Waals surface area contributed by atoms with Gasteiger partial charge >= 0.3 is 0 Å². The number of guanidine groups is 1. The number of hydrogen-bond donors (Lipinski definition) is 3. The minimum atomic E-state index is -0.132. The van der Waals surface area contributed by atoms with E-state index >= 15 is 0 Å². The predicted molar refractivity (Wildman–Crippen MR) is 126 cm³/mol. The van der Waals surface area contributed by atoms with Gasteiger partial charge in [0, 0.05) is 30.6 Å². The van der Waals surface area contributed by atoms with Crippen LogP contribution in [-0.2, 0) is 5.41 Å². The lowest BCUT2D eigenvalue weighted by atomic mass is 9.68. The normalized spacial score (nSPS) is 20.7. The highest BCUT2D eigenvalue weighted by Gasteiger charge is 2.37. The third-order valence-electron chi connectivity index (χ3n) is 6.08. The van der Waals surface area contributed by atoms with Crippen molar-refractivity contribution in [3.8, 4) is 11.9 Å². The third-order valence-corrected chi connectivity index (χ3v) is 6.08. The Kier molecular flexibility index (Phi) is 8.09. The molecule has 3 N–H and O–H groups in total. The van der Waals surface area contributed by atoms with E-state index in [-0.39, 0.29) is 17.4 Å². The number of aliphatic imine (C=N–C) groups is 1. The molecule has 2 aromatic carbocycles. The molecule has 0 radical (unpaired) electrons. The summed E-state index contributed by atoms with van der Waals surface area (Å²) in [7, 11) is 1.75. The van der Waals surface area contributed by atoms with E-state index in [9.17, 15) is 4.79 Å². The van der Waals surface area contributed by atoms with Gasteiger partial charge < -0.3 is 20.7 Å². The fraction of sp³-hybridized carbons (Fsp3) is 0.400. The molecule has 0 saturated heterocycles. The van der Waals surface area contributed by atoms with Crippen LogP contribution in [0.4, 0.5) is 0 Å². The molecule has 168 valence electrons. The molecule has 0 atom stereocenters. The lowest BCUT2D eigenvalue weighted by Crippen LogP contribution is -2.49. The first-order valence-corrected chi connectivity index (χ1v) is 11.1. The van der Waals surface area contributed by atoms with Crippen LogP contribution in [0.1, 0.15) is 48.5 Å². The largest absolute Gasteiger partial charge is 0.494 e. The molecule has 7 nitrogen and oxygen atoms in total. The van der Waals surface area contributed by atoms with E-state index in [0.717, 1.165) is 31.4 Å². The van der Waals surface area contributed by atoms with E-state index < -0.39 is 0 Å². The second-order valence-corrected chi connectivity index (χ2v) is 8.02. The average Bonchev–Trinajstić information content (AvgIpc) is 2.84. The quantitative estimate of drug-likeness (QED) is 0.353. The molecule has 0 aromatic heterocycles. The Balaban J connectivity index is 1.69. The van der Waals surface area contributed by atoms with Crippen molar-refractivity contribution >= 4 is 11.9 Å². The van der Waals surface area contributed by atoms with Gasteiger partial charge in [-0.05, 0) is 62.4 Å². The minimum Gasteiger partial charge on any atom is -0.494 e. The van der Waals surface area contributed by atoms with Gasteiger partial charge in [-0.25, -0.2) is 0 Å². The Labute approximate surface area is 189 Å². The molecular weight excluding hydrogens is 402 g/mol. The second-order valence-electron chi connectivity index (χ2n) is 8.02. The molecule has 1 aliphatic carbocycles. The summed E-state index contributed by atoms with van der Waals surface area (Å²) in [6.45, 7) is 3.10. The summed E-state index contributed by atoms with van der Waals surface area (Å²) >= 11 is 0. The van der Waals surface area contributed by atoms with Gasteiger partial charge in [-0.15, -0.1) is 4.99 Å². The van der Waals surface area contributed by atoms with E-state index in [1.54, 1.807) is 19.2 Å². The summed E-state index contributed by atoms with van der Waals surface area (Å²) in [5.74, 6) is 1.17. The fourth-order valence-electron chi connectivity index (χ4n) is 4.30. The van der Waals surface area contributed by atoms with Crippen LogP contribution in [-0.4, -0.2) is 38.1 Å². The summed E-state index contributed by atoms with van der Waals surface area (Å²) in [6.07, 6.45) is 5.49. The third kappa shape index (κ3) is 5.79. The van der Waals surface area contributed by atoms with Gasteiger partial charge in [0.05, 0.1) is 6.61 Å². The molecule has 0 unspecified atom stereocenters. The summed E-state index contributed by atoms with van der Waals surface area (Å²) in [4.78, 5) is 16.6. The van der Waals surface area contributed by atoms with Crippen LogP contribution < -0.4 is 20.7 Å². The molecule has 7 heteroatoms. The van der Waals surface area contributed by atoms with Crippen molar-refractivity contribution in [1.29, 1.82) is 5.26 Å². The van der Waals surface area contributed by atoms with Crippen LogP contribution in [0.5, 0.6) is 5.75 Å². The van der Waals surface area contributed by atoms with Gasteiger partial charge in [-0.2, -0.15) is 5.26 Å². The van der Waals surface area contributed by atoms with Gasteiger partial charge in [-0.1, -0.05) is 30.3 Å². The zero-order chi connectivity index (χ0) is 22.8. The number of nitriles is 1. The maximum Gasteiger partial charge on any atom is 0.251 e. The van der Waals surface area contributed by atoms with E-state index in [0.29, 0.717) is 24.7 Å². The monoisotopic (exact) mass is 433 g/mol. The smallest absolute Gasteiger partial charge is 0.251 e. The standard InChI is InChI=1S/C25H31N5O2/c1-3-32-22-11-9-19(10-12-22)23(31)28-17-25(20-7-5-4-6-8-20)15-13-21(14-16-25)30-24(27-2)29-18-26/h4-12,21H,3,13-17H2,1-2H3,(H,28,31)(H2,27,29,30)/t21-,25-. The highest BCUT2D eigenvalue weighted by Crippen LogP contribution is 2.39. The first-order valence-electron chi connectivity index (χ1n) is 11.1. The number of benzene rings is 2. The van der Waals surface area contributed by atoms with E-state index in [1.807, 2.05) is 43.4 Å². The zero-order valence-corrected chi connectivity index (χ0v) is 18.7. The van der Waals surface area contributed by atoms with E-state index in [1.165, 1.54) is 5.56 Å². The maximum atomic E-state index is 12.8. The summed E-state index contributed by atoms with van der Waals surface area (Å²) in [5, 5.41) is 18.2.